The molecule has 0 radical (unpaired) electrons. The van der Waals surface area contributed by atoms with Crippen molar-refractivity contribution in [2.45, 2.75) is 19.9 Å². The summed E-state index contributed by atoms with van der Waals surface area (Å²) in [5.74, 6) is -0.0516. The van der Waals surface area contributed by atoms with Crippen LogP contribution in [0.15, 0.2) is 30.5 Å². The maximum Gasteiger partial charge on any atom is 0.213 e. The van der Waals surface area contributed by atoms with Gasteiger partial charge in [0.25, 0.3) is 0 Å². The maximum absolute atomic E-state index is 13.3. The van der Waals surface area contributed by atoms with Gasteiger partial charge in [0.1, 0.15) is 0 Å². The highest BCUT2D eigenvalue weighted by molar-refractivity contribution is 6.32. The zero-order valence-electron chi connectivity index (χ0n) is 10.4. The Morgan fingerprint density at radius 2 is 2.11 bits per heavy atom. The van der Waals surface area contributed by atoms with Crippen LogP contribution in [0.5, 0.6) is 0 Å². The maximum atomic E-state index is 13.3. The molecule has 4 heteroatoms. The van der Waals surface area contributed by atoms with Crippen LogP contribution in [0, 0.1) is 17.8 Å². The van der Waals surface area contributed by atoms with Gasteiger partial charge in [-0.05, 0) is 17.4 Å². The lowest BCUT2D eigenvalue weighted by Gasteiger charge is -2.25. The first-order chi connectivity index (χ1) is 8.50. The summed E-state index contributed by atoms with van der Waals surface area (Å²) in [7, 11) is 0. The minimum absolute atomic E-state index is 0.000732. The average molecular weight is 267 g/mol. The summed E-state index contributed by atoms with van der Waals surface area (Å²) in [6.07, 6.45) is 7.17. The van der Waals surface area contributed by atoms with Crippen molar-refractivity contribution in [1.82, 2.24) is 4.98 Å². The van der Waals surface area contributed by atoms with Crippen LogP contribution in [0.1, 0.15) is 19.4 Å². The van der Waals surface area contributed by atoms with Crippen LogP contribution in [0.25, 0.3) is 5.57 Å². The molecule has 0 saturated carbocycles. The lowest BCUT2D eigenvalue weighted by molar-refractivity contribution is 0.430. The second kappa shape index (κ2) is 5.21. The molecule has 0 fully saturated rings. The zero-order valence-corrected chi connectivity index (χ0v) is 11.2. The van der Waals surface area contributed by atoms with Gasteiger partial charge < -0.3 is 5.73 Å². The van der Waals surface area contributed by atoms with Crippen molar-refractivity contribution < 1.29 is 4.39 Å². The van der Waals surface area contributed by atoms with Crippen LogP contribution in [-0.2, 0) is 0 Å². The number of allylic oxidation sites excluding steroid dienone is 3. The van der Waals surface area contributed by atoms with Crippen LogP contribution in [0.4, 0.5) is 4.39 Å². The Labute approximate surface area is 111 Å². The third-order valence-electron chi connectivity index (χ3n) is 3.63. The van der Waals surface area contributed by atoms with Gasteiger partial charge in [0.05, 0.1) is 5.02 Å². The first-order valence-electron chi connectivity index (χ1n) is 5.96. The van der Waals surface area contributed by atoms with Gasteiger partial charge in [-0.25, -0.2) is 4.98 Å². The van der Waals surface area contributed by atoms with Crippen LogP contribution in [0.2, 0.25) is 5.02 Å². The molecule has 1 heterocycles. The van der Waals surface area contributed by atoms with Crippen molar-refractivity contribution in [2.75, 3.05) is 0 Å². The third kappa shape index (κ3) is 2.47. The van der Waals surface area contributed by atoms with E-state index >= 15 is 0 Å². The third-order valence-corrected chi connectivity index (χ3v) is 3.93. The van der Waals surface area contributed by atoms with E-state index < -0.39 is 5.95 Å². The Bertz CT molecular complexity index is 511. The zero-order chi connectivity index (χ0) is 13.3. The average Bonchev–Trinajstić information content (AvgIpc) is 2.46. The van der Waals surface area contributed by atoms with E-state index in [2.05, 4.69) is 18.8 Å². The molecule has 0 bridgehead atoms. The number of hydrogen-bond acceptors (Lipinski definition) is 2. The molecule has 2 N–H and O–H groups in total. The van der Waals surface area contributed by atoms with Crippen LogP contribution >= 0.6 is 11.6 Å². The first kappa shape index (κ1) is 13.2. The summed E-state index contributed by atoms with van der Waals surface area (Å²) < 4.78 is 13.3. The molecular weight excluding hydrogens is 251 g/mol. The molecule has 96 valence electrons. The van der Waals surface area contributed by atoms with Crippen LogP contribution < -0.4 is 5.73 Å². The molecule has 1 aromatic heterocycles. The largest absolute Gasteiger partial charge is 0.324 e. The van der Waals surface area contributed by atoms with Gasteiger partial charge in [0.2, 0.25) is 5.95 Å². The number of pyridine rings is 1. The van der Waals surface area contributed by atoms with Crippen molar-refractivity contribution in [3.05, 3.63) is 47.0 Å². The molecular formula is C14H16ClFN2. The summed E-state index contributed by atoms with van der Waals surface area (Å²) in [5.41, 5.74) is 7.73. The first-order valence-corrected chi connectivity index (χ1v) is 6.34. The molecule has 1 aliphatic rings. The van der Waals surface area contributed by atoms with E-state index in [1.165, 1.54) is 12.3 Å². The predicted octanol–water partition coefficient (Wildman–Crippen LogP) is 3.43. The number of aromatic nitrogens is 1. The Morgan fingerprint density at radius 1 is 1.39 bits per heavy atom. The second-order valence-corrected chi connectivity index (χ2v) is 5.13. The number of rotatable bonds is 1. The van der Waals surface area contributed by atoms with Gasteiger partial charge in [-0.15, -0.1) is 0 Å². The summed E-state index contributed by atoms with van der Waals surface area (Å²) >= 11 is 6.11. The Hall–Kier alpha value is -1.19. The Balaban J connectivity index is 2.46. The number of nitrogens with zero attached hydrogens (tertiary/aromatic N) is 1. The summed E-state index contributed by atoms with van der Waals surface area (Å²) in [6, 6.07) is 1.38. The lowest BCUT2D eigenvalue weighted by atomic mass is 9.82. The highest BCUT2D eigenvalue weighted by Crippen LogP contribution is 2.35. The Morgan fingerprint density at radius 3 is 2.83 bits per heavy atom. The molecule has 0 spiro atoms. The smallest absolute Gasteiger partial charge is 0.213 e. The van der Waals surface area contributed by atoms with Gasteiger partial charge in [0.15, 0.2) is 0 Å². The molecule has 3 atom stereocenters. The summed E-state index contributed by atoms with van der Waals surface area (Å²) in [5, 5.41) is 0.463. The van der Waals surface area contributed by atoms with Crippen molar-refractivity contribution in [3.8, 4) is 0 Å². The molecule has 0 aromatic carbocycles. The molecule has 0 saturated heterocycles. The van der Waals surface area contributed by atoms with Crippen molar-refractivity contribution in [3.63, 3.8) is 0 Å². The van der Waals surface area contributed by atoms with Crippen molar-refractivity contribution in [2.24, 2.45) is 17.6 Å². The highest BCUT2D eigenvalue weighted by atomic mass is 35.5. The number of hydrogen-bond donors (Lipinski definition) is 1. The van der Waals surface area contributed by atoms with E-state index in [-0.39, 0.29) is 17.9 Å². The molecule has 0 amide bonds. The quantitative estimate of drug-likeness (QED) is 0.791. The van der Waals surface area contributed by atoms with E-state index in [9.17, 15) is 4.39 Å². The summed E-state index contributed by atoms with van der Waals surface area (Å²) in [4.78, 5) is 3.55. The normalized spacial score (nSPS) is 27.8. The predicted molar refractivity (Wildman–Crippen MR) is 72.6 cm³/mol. The molecule has 2 rings (SSSR count). The van der Waals surface area contributed by atoms with E-state index in [4.69, 9.17) is 17.3 Å². The molecule has 3 unspecified atom stereocenters. The van der Waals surface area contributed by atoms with Gasteiger partial charge in [-0.1, -0.05) is 43.7 Å². The van der Waals surface area contributed by atoms with E-state index in [1.807, 2.05) is 18.2 Å². The second-order valence-electron chi connectivity index (χ2n) is 4.72. The summed E-state index contributed by atoms with van der Waals surface area (Å²) in [6.45, 7) is 4.17. The standard InChI is InChI=1S/C14H16ClFN2/c1-8-9(2)13(17)5-3-4-10(8)11-6-14(16)18-7-12(11)15/h3-9,13H,17H2,1-2H3. The lowest BCUT2D eigenvalue weighted by Crippen LogP contribution is -2.30. The molecule has 1 aliphatic carbocycles. The van der Waals surface area contributed by atoms with Crippen LogP contribution in [0.3, 0.4) is 0 Å². The fraction of sp³-hybridized carbons (Fsp3) is 0.357. The van der Waals surface area contributed by atoms with E-state index in [0.717, 1.165) is 5.57 Å². The highest BCUT2D eigenvalue weighted by Gasteiger charge is 2.25. The molecule has 0 aliphatic heterocycles. The molecule has 18 heavy (non-hydrogen) atoms. The fourth-order valence-electron chi connectivity index (χ4n) is 2.20. The minimum Gasteiger partial charge on any atom is -0.324 e. The monoisotopic (exact) mass is 266 g/mol. The van der Waals surface area contributed by atoms with Crippen molar-refractivity contribution >= 4 is 17.2 Å². The number of nitrogens with two attached hydrogens (primary N) is 1. The van der Waals surface area contributed by atoms with Gasteiger partial charge in [-0.3, -0.25) is 0 Å². The van der Waals surface area contributed by atoms with Gasteiger partial charge >= 0.3 is 0 Å². The fourth-order valence-corrected chi connectivity index (χ4v) is 2.41. The van der Waals surface area contributed by atoms with E-state index in [1.54, 1.807) is 0 Å². The SMILES string of the molecule is CC1C(c2cc(F)ncc2Cl)=CC=CC(N)C1C. The van der Waals surface area contributed by atoms with Crippen molar-refractivity contribution in [1.29, 1.82) is 0 Å². The van der Waals surface area contributed by atoms with Crippen LogP contribution in [-0.4, -0.2) is 11.0 Å². The minimum atomic E-state index is -0.521. The Kier molecular flexibility index (Phi) is 3.83. The topological polar surface area (TPSA) is 38.9 Å². The van der Waals surface area contributed by atoms with Gasteiger partial charge in [0, 0.05) is 23.9 Å². The number of halogens is 2. The van der Waals surface area contributed by atoms with Gasteiger partial charge in [-0.2, -0.15) is 4.39 Å². The molecule has 1 aromatic rings. The molecule has 2 nitrogen and oxygen atoms in total. The van der Waals surface area contributed by atoms with E-state index in [0.29, 0.717) is 10.6 Å².